The van der Waals surface area contributed by atoms with Gasteiger partial charge in [0.25, 0.3) is 17.3 Å². The third-order valence-corrected chi connectivity index (χ3v) is 2.79. The summed E-state index contributed by atoms with van der Waals surface area (Å²) in [7, 11) is 0. The molecular formula is C11H14N4O6. The number of nitro groups is 2. The third-order valence-electron chi connectivity index (χ3n) is 2.79. The number of rotatable bonds is 6. The average molecular weight is 298 g/mol. The molecule has 10 nitrogen and oxygen atoms in total. The Bertz CT molecular complexity index is 553. The Labute approximate surface area is 119 Å². The summed E-state index contributed by atoms with van der Waals surface area (Å²) in [4.78, 5) is 32.0. The molecule has 1 aromatic carbocycles. The molecule has 0 saturated carbocycles. The van der Waals surface area contributed by atoms with Gasteiger partial charge in [-0.2, -0.15) is 0 Å². The predicted octanol–water partition coefficient (Wildman–Crippen LogP) is 1.51. The van der Waals surface area contributed by atoms with E-state index in [2.05, 4.69) is 5.32 Å². The monoisotopic (exact) mass is 298 g/mol. The van der Waals surface area contributed by atoms with Gasteiger partial charge < -0.3 is 5.32 Å². The number of nitrogens with one attached hydrogen (secondary N) is 2. The standard InChI is InChI=1S/C11H14N4O6/c1-3-7(11(16)13-17)12-10-8(14(18)19)4-6(2)5-9(10)15(20)21/h4-5,7,12,17H,3H2,1-2H3,(H,13,16). The van der Waals surface area contributed by atoms with Crippen LogP contribution in [0.2, 0.25) is 0 Å². The van der Waals surface area contributed by atoms with Crippen molar-refractivity contribution in [1.82, 2.24) is 5.48 Å². The minimum absolute atomic E-state index is 0.161. The van der Waals surface area contributed by atoms with Gasteiger partial charge in [0.05, 0.1) is 9.85 Å². The highest BCUT2D eigenvalue weighted by atomic mass is 16.6. The van der Waals surface area contributed by atoms with Crippen LogP contribution in [-0.2, 0) is 4.79 Å². The first-order valence-electron chi connectivity index (χ1n) is 5.95. The summed E-state index contributed by atoms with van der Waals surface area (Å²) in [5, 5.41) is 33.2. The zero-order valence-electron chi connectivity index (χ0n) is 11.3. The minimum Gasteiger partial charge on any atom is -0.362 e. The van der Waals surface area contributed by atoms with E-state index in [4.69, 9.17) is 5.21 Å². The number of carbonyl (C=O) groups excluding carboxylic acids is 1. The SMILES string of the molecule is CCC(Nc1c([N+](=O)[O-])cc(C)cc1[N+](=O)[O-])C(=O)NO. The Hall–Kier alpha value is -2.75. The Kier molecular flexibility index (Phi) is 5.13. The number of nitro benzene ring substituents is 2. The van der Waals surface area contributed by atoms with Gasteiger partial charge in [-0.3, -0.25) is 30.2 Å². The molecule has 10 heteroatoms. The van der Waals surface area contributed by atoms with Crippen molar-refractivity contribution in [3.05, 3.63) is 37.9 Å². The lowest BCUT2D eigenvalue weighted by Gasteiger charge is -2.16. The molecular weight excluding hydrogens is 284 g/mol. The fraction of sp³-hybridized carbons (Fsp3) is 0.364. The highest BCUT2D eigenvalue weighted by molar-refractivity contribution is 5.86. The molecule has 0 radical (unpaired) electrons. The van der Waals surface area contributed by atoms with Gasteiger partial charge >= 0.3 is 0 Å². The van der Waals surface area contributed by atoms with Crippen LogP contribution in [-0.4, -0.2) is 27.0 Å². The zero-order chi connectivity index (χ0) is 16.2. The molecule has 0 bridgehead atoms. The molecule has 21 heavy (non-hydrogen) atoms. The smallest absolute Gasteiger partial charge is 0.299 e. The van der Waals surface area contributed by atoms with Crippen molar-refractivity contribution in [1.29, 1.82) is 0 Å². The van der Waals surface area contributed by atoms with Crippen molar-refractivity contribution in [3.8, 4) is 0 Å². The van der Waals surface area contributed by atoms with E-state index in [-0.39, 0.29) is 12.1 Å². The molecule has 0 saturated heterocycles. The second-order valence-corrected chi connectivity index (χ2v) is 4.27. The molecule has 1 amide bonds. The normalized spacial score (nSPS) is 11.6. The molecule has 0 aliphatic carbocycles. The highest BCUT2D eigenvalue weighted by Gasteiger charge is 2.29. The van der Waals surface area contributed by atoms with E-state index >= 15 is 0 Å². The lowest BCUT2D eigenvalue weighted by atomic mass is 10.1. The Balaban J connectivity index is 3.40. The number of hydrogen-bond acceptors (Lipinski definition) is 7. The quantitative estimate of drug-likeness (QED) is 0.409. The Morgan fingerprint density at radius 2 is 1.76 bits per heavy atom. The van der Waals surface area contributed by atoms with E-state index in [9.17, 15) is 25.0 Å². The first-order valence-corrected chi connectivity index (χ1v) is 5.95. The maximum absolute atomic E-state index is 11.4. The predicted molar refractivity (Wildman–Crippen MR) is 72.1 cm³/mol. The third kappa shape index (κ3) is 3.63. The number of benzene rings is 1. The second kappa shape index (κ2) is 6.61. The Morgan fingerprint density at radius 3 is 2.10 bits per heavy atom. The van der Waals surface area contributed by atoms with Gasteiger partial charge in [-0.15, -0.1) is 0 Å². The van der Waals surface area contributed by atoms with Gasteiger partial charge in [0.15, 0.2) is 5.69 Å². The van der Waals surface area contributed by atoms with Gasteiger partial charge in [-0.05, 0) is 18.9 Å². The van der Waals surface area contributed by atoms with Gasteiger partial charge in [-0.25, -0.2) is 5.48 Å². The maximum atomic E-state index is 11.4. The molecule has 114 valence electrons. The number of anilines is 1. The number of carbonyl (C=O) groups is 1. The number of aryl methyl sites for hydroxylation is 1. The van der Waals surface area contributed by atoms with Crippen molar-refractivity contribution < 1.29 is 19.8 Å². The van der Waals surface area contributed by atoms with Gasteiger partial charge in [-0.1, -0.05) is 6.92 Å². The Morgan fingerprint density at radius 1 is 1.29 bits per heavy atom. The topological polar surface area (TPSA) is 148 Å². The van der Waals surface area contributed by atoms with Crippen LogP contribution in [0.1, 0.15) is 18.9 Å². The van der Waals surface area contributed by atoms with Crippen LogP contribution < -0.4 is 10.8 Å². The summed E-state index contributed by atoms with van der Waals surface area (Å²) in [5.74, 6) is -0.846. The van der Waals surface area contributed by atoms with Crippen molar-refractivity contribution >= 4 is 23.0 Å². The van der Waals surface area contributed by atoms with Crippen molar-refractivity contribution in [2.24, 2.45) is 0 Å². The molecule has 0 fully saturated rings. The second-order valence-electron chi connectivity index (χ2n) is 4.27. The first kappa shape index (κ1) is 16.3. The van der Waals surface area contributed by atoms with Crippen LogP contribution in [0.4, 0.5) is 17.1 Å². The zero-order valence-corrected chi connectivity index (χ0v) is 11.3. The van der Waals surface area contributed by atoms with E-state index in [0.29, 0.717) is 5.56 Å². The summed E-state index contributed by atoms with van der Waals surface area (Å²) < 4.78 is 0. The molecule has 0 aromatic heterocycles. The summed E-state index contributed by atoms with van der Waals surface area (Å²) >= 11 is 0. The molecule has 1 aromatic rings. The van der Waals surface area contributed by atoms with Crippen LogP contribution in [0.3, 0.4) is 0 Å². The van der Waals surface area contributed by atoms with E-state index < -0.39 is 33.2 Å². The van der Waals surface area contributed by atoms with Gasteiger partial charge in [0.2, 0.25) is 0 Å². The van der Waals surface area contributed by atoms with Crippen molar-refractivity contribution in [3.63, 3.8) is 0 Å². The summed E-state index contributed by atoms with van der Waals surface area (Å²) in [6.45, 7) is 3.07. The van der Waals surface area contributed by atoms with Gasteiger partial charge in [0, 0.05) is 12.1 Å². The number of hydrogen-bond donors (Lipinski definition) is 3. The lowest BCUT2D eigenvalue weighted by molar-refractivity contribution is -0.392. The van der Waals surface area contributed by atoms with Crippen LogP contribution in [0.5, 0.6) is 0 Å². The lowest BCUT2D eigenvalue weighted by Crippen LogP contribution is -2.37. The van der Waals surface area contributed by atoms with Gasteiger partial charge in [0.1, 0.15) is 6.04 Å². The first-order chi connectivity index (χ1) is 9.81. The van der Waals surface area contributed by atoms with Crippen LogP contribution in [0, 0.1) is 27.2 Å². The molecule has 1 rings (SSSR count). The average Bonchev–Trinajstić information content (AvgIpc) is 2.43. The van der Waals surface area contributed by atoms with Crippen molar-refractivity contribution in [2.75, 3.05) is 5.32 Å². The fourth-order valence-corrected chi connectivity index (χ4v) is 1.79. The summed E-state index contributed by atoms with van der Waals surface area (Å²) in [5.41, 5.74) is 0.364. The molecule has 1 unspecified atom stereocenters. The molecule has 0 aliphatic heterocycles. The molecule has 0 heterocycles. The number of hydroxylamine groups is 1. The largest absolute Gasteiger partial charge is 0.362 e. The maximum Gasteiger partial charge on any atom is 0.299 e. The molecule has 3 N–H and O–H groups in total. The minimum atomic E-state index is -1.05. The molecule has 1 atom stereocenters. The van der Waals surface area contributed by atoms with Crippen LogP contribution in [0.25, 0.3) is 0 Å². The highest BCUT2D eigenvalue weighted by Crippen LogP contribution is 2.36. The molecule has 0 spiro atoms. The van der Waals surface area contributed by atoms with E-state index in [1.807, 2.05) is 0 Å². The van der Waals surface area contributed by atoms with Crippen LogP contribution in [0.15, 0.2) is 12.1 Å². The molecule has 0 aliphatic rings. The van der Waals surface area contributed by atoms with Crippen molar-refractivity contribution in [2.45, 2.75) is 26.3 Å². The van der Waals surface area contributed by atoms with E-state index in [0.717, 1.165) is 0 Å². The summed E-state index contributed by atoms with van der Waals surface area (Å²) in [6.07, 6.45) is 0.161. The van der Waals surface area contributed by atoms with Crippen LogP contribution >= 0.6 is 0 Å². The number of amides is 1. The number of nitrogens with zero attached hydrogens (tertiary/aromatic N) is 2. The fourth-order valence-electron chi connectivity index (χ4n) is 1.79. The van der Waals surface area contributed by atoms with E-state index in [1.165, 1.54) is 24.5 Å². The van der Waals surface area contributed by atoms with E-state index in [1.54, 1.807) is 6.92 Å². The summed E-state index contributed by atoms with van der Waals surface area (Å²) in [6, 6.07) is 1.28.